The van der Waals surface area contributed by atoms with Crippen LogP contribution in [0.2, 0.25) is 0 Å². The van der Waals surface area contributed by atoms with Crippen LogP contribution in [0.25, 0.3) is 0 Å². The van der Waals surface area contributed by atoms with Gasteiger partial charge in [0.1, 0.15) is 0 Å². The van der Waals surface area contributed by atoms with Crippen LogP contribution in [-0.2, 0) is 0 Å². The van der Waals surface area contributed by atoms with Crippen molar-refractivity contribution in [2.75, 3.05) is 13.1 Å². The maximum Gasteiger partial charge on any atom is 0.0959 e. The van der Waals surface area contributed by atoms with Gasteiger partial charge in [-0.2, -0.15) is 0 Å². The van der Waals surface area contributed by atoms with E-state index in [2.05, 4.69) is 16.7 Å². The lowest BCUT2D eigenvalue weighted by Gasteiger charge is -2.16. The van der Waals surface area contributed by atoms with Crippen LogP contribution in [0.3, 0.4) is 0 Å². The van der Waals surface area contributed by atoms with Gasteiger partial charge in [0.05, 0.1) is 6.17 Å². The number of hydrogen-bond acceptors (Lipinski definition) is 3. The molecule has 1 heterocycles. The summed E-state index contributed by atoms with van der Waals surface area (Å²) in [7, 11) is 0. The molecule has 3 nitrogen and oxygen atoms in total. The minimum atomic E-state index is 0.258. The van der Waals surface area contributed by atoms with E-state index in [-0.39, 0.29) is 6.17 Å². The largest absolute Gasteiger partial charge is 0.372 e. The molecular weight excluding hydrogens is 126 g/mol. The predicted molar refractivity (Wildman–Crippen MR) is 42.3 cm³/mol. The van der Waals surface area contributed by atoms with Crippen LogP contribution in [0.5, 0.6) is 0 Å². The van der Waals surface area contributed by atoms with Gasteiger partial charge in [-0.15, -0.1) is 0 Å². The molecule has 56 valence electrons. The molecule has 1 unspecified atom stereocenters. The molecule has 0 aromatic rings. The van der Waals surface area contributed by atoms with E-state index in [0.29, 0.717) is 6.54 Å². The molecule has 0 saturated heterocycles. The van der Waals surface area contributed by atoms with Crippen LogP contribution in [-0.4, -0.2) is 19.3 Å². The normalized spacial score (nSPS) is 22.7. The Morgan fingerprint density at radius 2 is 2.40 bits per heavy atom. The summed E-state index contributed by atoms with van der Waals surface area (Å²) in [6.45, 7) is 1.52. The van der Waals surface area contributed by atoms with Crippen molar-refractivity contribution < 1.29 is 0 Å². The van der Waals surface area contributed by atoms with Crippen molar-refractivity contribution in [3.63, 3.8) is 0 Å². The van der Waals surface area contributed by atoms with Gasteiger partial charge in [0, 0.05) is 13.1 Å². The minimum Gasteiger partial charge on any atom is -0.372 e. The quantitative estimate of drug-likeness (QED) is 0.495. The zero-order chi connectivity index (χ0) is 7.23. The van der Waals surface area contributed by atoms with Crippen molar-refractivity contribution in [2.45, 2.75) is 6.17 Å². The lowest BCUT2D eigenvalue weighted by Crippen LogP contribution is -2.41. The summed E-state index contributed by atoms with van der Waals surface area (Å²) in [5.74, 6) is 0. The van der Waals surface area contributed by atoms with Crippen LogP contribution in [0.15, 0.2) is 24.4 Å². The Kier molecular flexibility index (Phi) is 2.99. The van der Waals surface area contributed by atoms with E-state index in [1.165, 1.54) is 0 Å². The maximum absolute atomic E-state index is 5.31. The molecule has 1 rings (SSSR count). The number of nitrogens with one attached hydrogen (secondary N) is 2. The Balaban J connectivity index is 2.17. The van der Waals surface area contributed by atoms with E-state index in [1.807, 2.05) is 18.4 Å². The van der Waals surface area contributed by atoms with Crippen LogP contribution in [0.1, 0.15) is 0 Å². The molecular formula is C7H13N3. The van der Waals surface area contributed by atoms with Gasteiger partial charge in [0.15, 0.2) is 0 Å². The first-order valence-electron chi connectivity index (χ1n) is 3.46. The first kappa shape index (κ1) is 7.31. The number of allylic oxidation sites excluding steroid dienone is 2. The highest BCUT2D eigenvalue weighted by Crippen LogP contribution is 1.88. The van der Waals surface area contributed by atoms with E-state index in [1.54, 1.807) is 0 Å². The summed E-state index contributed by atoms with van der Waals surface area (Å²) in [5.41, 5.74) is 5.31. The Morgan fingerprint density at radius 1 is 1.50 bits per heavy atom. The lowest BCUT2D eigenvalue weighted by atomic mass is 10.3. The molecule has 3 heteroatoms. The van der Waals surface area contributed by atoms with Gasteiger partial charge in [0.25, 0.3) is 0 Å². The molecule has 0 radical (unpaired) electrons. The molecule has 0 aromatic heterocycles. The number of rotatable bonds is 3. The fourth-order valence-electron chi connectivity index (χ4n) is 0.811. The molecule has 0 bridgehead atoms. The Labute approximate surface area is 61.0 Å². The Morgan fingerprint density at radius 3 is 3.00 bits per heavy atom. The Bertz CT molecular complexity index is 140. The summed E-state index contributed by atoms with van der Waals surface area (Å²) >= 11 is 0. The minimum absolute atomic E-state index is 0.258. The van der Waals surface area contributed by atoms with Crippen LogP contribution in [0, 0.1) is 0 Å². The molecule has 1 aliphatic rings. The number of nitrogens with two attached hydrogens (primary N) is 1. The third kappa shape index (κ3) is 2.21. The van der Waals surface area contributed by atoms with Gasteiger partial charge >= 0.3 is 0 Å². The van der Waals surface area contributed by atoms with Crippen LogP contribution >= 0.6 is 0 Å². The van der Waals surface area contributed by atoms with E-state index in [9.17, 15) is 0 Å². The Hall–Kier alpha value is -0.800. The molecule has 0 aromatic carbocycles. The zero-order valence-electron chi connectivity index (χ0n) is 5.88. The molecule has 0 aliphatic carbocycles. The highest BCUT2D eigenvalue weighted by atomic mass is 15.1. The third-order valence-electron chi connectivity index (χ3n) is 1.30. The molecule has 4 N–H and O–H groups in total. The molecule has 0 amide bonds. The van der Waals surface area contributed by atoms with Crippen molar-refractivity contribution in [3.8, 4) is 0 Å². The molecule has 0 saturated carbocycles. The topological polar surface area (TPSA) is 50.1 Å². The maximum atomic E-state index is 5.31. The van der Waals surface area contributed by atoms with Gasteiger partial charge < -0.3 is 11.1 Å². The second kappa shape index (κ2) is 4.09. The average Bonchev–Trinajstić information content (AvgIpc) is 2.03. The van der Waals surface area contributed by atoms with Crippen molar-refractivity contribution in [1.82, 2.24) is 10.6 Å². The van der Waals surface area contributed by atoms with Gasteiger partial charge in [-0.1, -0.05) is 6.08 Å². The van der Waals surface area contributed by atoms with E-state index >= 15 is 0 Å². The highest BCUT2D eigenvalue weighted by Gasteiger charge is 1.99. The van der Waals surface area contributed by atoms with Gasteiger partial charge in [-0.05, 0) is 18.4 Å². The van der Waals surface area contributed by atoms with Gasteiger partial charge in [-0.25, -0.2) is 0 Å². The zero-order valence-corrected chi connectivity index (χ0v) is 5.88. The van der Waals surface area contributed by atoms with Gasteiger partial charge in [0.2, 0.25) is 0 Å². The standard InChI is InChI=1S/C7H13N3/c8-4-6-10-7-3-1-2-5-9-7/h1-3,5,7,9-10H,4,6,8H2. The van der Waals surface area contributed by atoms with Crippen LogP contribution < -0.4 is 16.4 Å². The predicted octanol–water partition coefficient (Wildman–Crippen LogP) is -0.466. The summed E-state index contributed by atoms with van der Waals surface area (Å²) in [5, 5.41) is 6.32. The van der Waals surface area contributed by atoms with E-state index in [0.717, 1.165) is 6.54 Å². The van der Waals surface area contributed by atoms with Crippen molar-refractivity contribution in [3.05, 3.63) is 24.4 Å². The summed E-state index contributed by atoms with van der Waals surface area (Å²) in [4.78, 5) is 0. The summed E-state index contributed by atoms with van der Waals surface area (Å²) in [6, 6.07) is 0. The number of dihydropyridines is 1. The molecule has 0 spiro atoms. The molecule has 10 heavy (non-hydrogen) atoms. The molecule has 1 atom stereocenters. The van der Waals surface area contributed by atoms with E-state index < -0.39 is 0 Å². The third-order valence-corrected chi connectivity index (χ3v) is 1.30. The first-order valence-corrected chi connectivity index (χ1v) is 3.46. The van der Waals surface area contributed by atoms with Crippen molar-refractivity contribution in [2.24, 2.45) is 5.73 Å². The molecule has 1 aliphatic heterocycles. The molecule has 0 fully saturated rings. The van der Waals surface area contributed by atoms with Gasteiger partial charge in [-0.3, -0.25) is 5.32 Å². The van der Waals surface area contributed by atoms with E-state index in [4.69, 9.17) is 5.73 Å². The first-order chi connectivity index (χ1) is 4.93. The van der Waals surface area contributed by atoms with Crippen molar-refractivity contribution >= 4 is 0 Å². The SMILES string of the molecule is NCCNC1C=CC=CN1. The fraction of sp³-hybridized carbons (Fsp3) is 0.429. The fourth-order valence-corrected chi connectivity index (χ4v) is 0.811. The summed E-state index contributed by atoms with van der Waals surface area (Å²) in [6.07, 6.45) is 8.18. The summed E-state index contributed by atoms with van der Waals surface area (Å²) < 4.78 is 0. The number of hydrogen-bond donors (Lipinski definition) is 3. The smallest absolute Gasteiger partial charge is 0.0959 e. The van der Waals surface area contributed by atoms with Crippen molar-refractivity contribution in [1.29, 1.82) is 0 Å². The second-order valence-electron chi connectivity index (χ2n) is 2.13. The average molecular weight is 139 g/mol. The monoisotopic (exact) mass is 139 g/mol. The second-order valence-corrected chi connectivity index (χ2v) is 2.13. The van der Waals surface area contributed by atoms with Crippen LogP contribution in [0.4, 0.5) is 0 Å². The highest BCUT2D eigenvalue weighted by molar-refractivity contribution is 5.11. The lowest BCUT2D eigenvalue weighted by molar-refractivity contribution is 0.553.